The monoisotopic (exact) mass is 245 g/mol. The Morgan fingerprint density at radius 3 is 2.75 bits per heavy atom. The van der Waals surface area contributed by atoms with Crippen molar-refractivity contribution >= 4 is 22.7 Å². The van der Waals surface area contributed by atoms with Crippen LogP contribution < -0.4 is 5.73 Å². The highest BCUT2D eigenvalue weighted by molar-refractivity contribution is 7.11. The van der Waals surface area contributed by atoms with Crippen LogP contribution in [0.5, 0.6) is 0 Å². The highest BCUT2D eigenvalue weighted by Gasteiger charge is 2.34. The molecular formula is C10H9F2NO2S. The molecule has 0 spiro atoms. The molecule has 2 rings (SSSR count). The largest absolute Gasteiger partial charge is 0.467 e. The third kappa shape index (κ3) is 1.59. The van der Waals surface area contributed by atoms with Crippen molar-refractivity contribution in [3.63, 3.8) is 0 Å². The van der Waals surface area contributed by atoms with E-state index in [0.29, 0.717) is 0 Å². The van der Waals surface area contributed by atoms with E-state index >= 15 is 0 Å². The average molecular weight is 245 g/mol. The Bertz CT molecular complexity index is 467. The normalized spacial score (nSPS) is 20.8. The van der Waals surface area contributed by atoms with Crippen LogP contribution in [0.3, 0.4) is 0 Å². The van der Waals surface area contributed by atoms with E-state index in [1.165, 1.54) is 18.4 Å². The number of carbonyl (C=O) groups excluding carboxylic acids is 1. The van der Waals surface area contributed by atoms with Gasteiger partial charge in [-0.2, -0.15) is 0 Å². The van der Waals surface area contributed by atoms with Gasteiger partial charge >= 0.3 is 0 Å². The molecule has 0 saturated carbocycles. The molecule has 1 aliphatic rings. The molecule has 2 heterocycles. The SMILES string of the molecule is CC1OC(N)=C(c2sccc2C(F)F)C1=O. The van der Waals surface area contributed by atoms with Crippen LogP contribution in [0.25, 0.3) is 5.57 Å². The molecule has 1 atom stereocenters. The van der Waals surface area contributed by atoms with E-state index in [1.54, 1.807) is 0 Å². The van der Waals surface area contributed by atoms with Gasteiger partial charge in [-0.15, -0.1) is 11.3 Å². The second kappa shape index (κ2) is 3.86. The van der Waals surface area contributed by atoms with Crippen molar-refractivity contribution < 1.29 is 18.3 Å². The number of Topliss-reactive ketones (excluding diaryl/α,β-unsaturated/α-hetero) is 1. The number of ether oxygens (including phenoxy) is 1. The minimum absolute atomic E-state index is 0.0677. The topological polar surface area (TPSA) is 52.3 Å². The Hall–Kier alpha value is -1.43. The first-order valence-electron chi connectivity index (χ1n) is 4.59. The maximum atomic E-state index is 12.7. The average Bonchev–Trinajstić information content (AvgIpc) is 2.73. The van der Waals surface area contributed by atoms with E-state index in [-0.39, 0.29) is 27.7 Å². The maximum Gasteiger partial charge on any atom is 0.265 e. The van der Waals surface area contributed by atoms with Crippen LogP contribution in [-0.2, 0) is 9.53 Å². The minimum atomic E-state index is -2.62. The summed E-state index contributed by atoms with van der Waals surface area (Å²) >= 11 is 1.07. The Kier molecular flexibility index (Phi) is 2.67. The molecule has 1 aliphatic heterocycles. The molecular weight excluding hydrogens is 236 g/mol. The molecule has 0 radical (unpaired) electrons. The first kappa shape index (κ1) is 11.1. The predicted molar refractivity (Wildman–Crippen MR) is 55.9 cm³/mol. The zero-order valence-corrected chi connectivity index (χ0v) is 9.18. The summed E-state index contributed by atoms with van der Waals surface area (Å²) in [5, 5.41) is 1.51. The molecule has 3 nitrogen and oxygen atoms in total. The maximum absolute atomic E-state index is 12.7. The first-order chi connectivity index (χ1) is 7.52. The van der Waals surface area contributed by atoms with Gasteiger partial charge < -0.3 is 10.5 Å². The number of thiophene rings is 1. The van der Waals surface area contributed by atoms with Crippen LogP contribution in [0, 0.1) is 0 Å². The molecule has 1 aromatic rings. The Balaban J connectivity index is 2.49. The van der Waals surface area contributed by atoms with E-state index in [2.05, 4.69) is 0 Å². The molecule has 1 aromatic heterocycles. The summed E-state index contributed by atoms with van der Waals surface area (Å²) in [4.78, 5) is 11.9. The van der Waals surface area contributed by atoms with Crippen LogP contribution in [0.2, 0.25) is 0 Å². The molecule has 6 heteroatoms. The molecule has 0 aromatic carbocycles. The van der Waals surface area contributed by atoms with Gasteiger partial charge in [0, 0.05) is 5.56 Å². The Labute approximate surface area is 94.5 Å². The van der Waals surface area contributed by atoms with Gasteiger partial charge in [0.05, 0.1) is 10.5 Å². The predicted octanol–water partition coefficient (Wildman–Crippen LogP) is 2.30. The third-order valence-electron chi connectivity index (χ3n) is 2.32. The van der Waals surface area contributed by atoms with Crippen molar-refractivity contribution in [2.24, 2.45) is 5.73 Å². The van der Waals surface area contributed by atoms with Crippen molar-refractivity contribution in [1.29, 1.82) is 0 Å². The zero-order valence-electron chi connectivity index (χ0n) is 8.37. The van der Waals surface area contributed by atoms with E-state index in [4.69, 9.17) is 10.5 Å². The number of alkyl halides is 2. The van der Waals surface area contributed by atoms with E-state index in [1.807, 2.05) is 0 Å². The summed E-state index contributed by atoms with van der Waals surface area (Å²) in [5.41, 5.74) is 5.43. The minimum Gasteiger partial charge on any atom is -0.467 e. The lowest BCUT2D eigenvalue weighted by Crippen LogP contribution is -2.13. The molecule has 1 unspecified atom stereocenters. The standard InChI is InChI=1S/C10H9F2NO2S/c1-4-7(14)6(10(13)15-4)8-5(9(11)12)2-3-16-8/h2-4,9H,13H2,1H3. The van der Waals surface area contributed by atoms with Crippen LogP contribution in [0.4, 0.5) is 8.78 Å². The summed E-state index contributed by atoms with van der Waals surface area (Å²) in [6.07, 6.45) is -3.31. The highest BCUT2D eigenvalue weighted by atomic mass is 32.1. The smallest absolute Gasteiger partial charge is 0.265 e. The van der Waals surface area contributed by atoms with Gasteiger partial charge in [-0.25, -0.2) is 8.78 Å². The molecule has 2 N–H and O–H groups in total. The molecule has 86 valence electrons. The third-order valence-corrected chi connectivity index (χ3v) is 3.27. The van der Waals surface area contributed by atoms with E-state index in [9.17, 15) is 13.6 Å². The molecule has 0 amide bonds. The Morgan fingerprint density at radius 1 is 1.56 bits per heavy atom. The van der Waals surface area contributed by atoms with Crippen LogP contribution in [-0.4, -0.2) is 11.9 Å². The number of halogens is 2. The lowest BCUT2D eigenvalue weighted by Gasteiger charge is -2.02. The van der Waals surface area contributed by atoms with Gasteiger partial charge in [0.15, 0.2) is 12.0 Å². The lowest BCUT2D eigenvalue weighted by molar-refractivity contribution is -0.119. The van der Waals surface area contributed by atoms with Crippen molar-refractivity contribution in [1.82, 2.24) is 0 Å². The number of hydrogen-bond acceptors (Lipinski definition) is 4. The van der Waals surface area contributed by atoms with E-state index < -0.39 is 12.5 Å². The van der Waals surface area contributed by atoms with Crippen molar-refractivity contribution in [3.8, 4) is 0 Å². The molecule has 16 heavy (non-hydrogen) atoms. The number of rotatable bonds is 2. The molecule has 0 saturated heterocycles. The fourth-order valence-electron chi connectivity index (χ4n) is 1.55. The lowest BCUT2D eigenvalue weighted by atomic mass is 10.1. The summed E-state index contributed by atoms with van der Waals surface area (Å²) in [6, 6.07) is 1.29. The van der Waals surface area contributed by atoms with Gasteiger partial charge in [0.1, 0.15) is 0 Å². The van der Waals surface area contributed by atoms with Gasteiger partial charge in [0.2, 0.25) is 5.78 Å². The number of carbonyl (C=O) groups is 1. The van der Waals surface area contributed by atoms with Crippen molar-refractivity contribution in [3.05, 3.63) is 27.8 Å². The number of ketones is 1. The van der Waals surface area contributed by atoms with Crippen molar-refractivity contribution in [2.45, 2.75) is 19.5 Å². The zero-order chi connectivity index (χ0) is 11.9. The van der Waals surface area contributed by atoms with Crippen LogP contribution in [0.1, 0.15) is 23.8 Å². The fourth-order valence-corrected chi connectivity index (χ4v) is 2.51. The highest BCUT2D eigenvalue weighted by Crippen LogP contribution is 2.37. The summed E-state index contributed by atoms with van der Waals surface area (Å²) < 4.78 is 30.3. The molecule has 0 bridgehead atoms. The van der Waals surface area contributed by atoms with Crippen molar-refractivity contribution in [2.75, 3.05) is 0 Å². The van der Waals surface area contributed by atoms with Gasteiger partial charge in [-0.3, -0.25) is 4.79 Å². The van der Waals surface area contributed by atoms with Gasteiger partial charge in [-0.1, -0.05) is 0 Å². The summed E-state index contributed by atoms with van der Waals surface area (Å²) in [5.74, 6) is -0.413. The second-order valence-electron chi connectivity index (χ2n) is 3.37. The van der Waals surface area contributed by atoms with Gasteiger partial charge in [0.25, 0.3) is 6.43 Å². The van der Waals surface area contributed by atoms with Crippen LogP contribution >= 0.6 is 11.3 Å². The summed E-state index contributed by atoms with van der Waals surface area (Å²) in [6.45, 7) is 1.54. The summed E-state index contributed by atoms with van der Waals surface area (Å²) in [7, 11) is 0. The molecule has 0 aliphatic carbocycles. The molecule has 0 fully saturated rings. The Morgan fingerprint density at radius 2 is 2.25 bits per heavy atom. The quantitative estimate of drug-likeness (QED) is 0.869. The second-order valence-corrected chi connectivity index (χ2v) is 4.29. The van der Waals surface area contributed by atoms with E-state index in [0.717, 1.165) is 11.3 Å². The fraction of sp³-hybridized carbons (Fsp3) is 0.300. The first-order valence-corrected chi connectivity index (χ1v) is 5.47. The number of hydrogen-bond donors (Lipinski definition) is 1. The van der Waals surface area contributed by atoms with Crippen LogP contribution in [0.15, 0.2) is 17.3 Å². The van der Waals surface area contributed by atoms with Gasteiger partial charge in [-0.05, 0) is 18.4 Å². The number of nitrogens with two attached hydrogens (primary N) is 1.